The van der Waals surface area contributed by atoms with Crippen molar-refractivity contribution in [3.05, 3.63) is 102 Å². The van der Waals surface area contributed by atoms with Gasteiger partial charge in [0.1, 0.15) is 6.61 Å². The number of carbonyl (C=O) groups is 1. The topological polar surface area (TPSA) is 82.8 Å². The highest BCUT2D eigenvalue weighted by molar-refractivity contribution is 7.13. The van der Waals surface area contributed by atoms with Crippen LogP contribution in [-0.2, 0) is 11.3 Å². The lowest BCUT2D eigenvalue weighted by Crippen LogP contribution is -2.06. The molecule has 32 heavy (non-hydrogen) atoms. The van der Waals surface area contributed by atoms with Gasteiger partial charge in [0.15, 0.2) is 16.5 Å². The van der Waals surface area contributed by atoms with E-state index in [1.807, 2.05) is 66.9 Å². The molecule has 0 bridgehead atoms. The van der Waals surface area contributed by atoms with E-state index in [-0.39, 0.29) is 12.3 Å². The molecule has 0 amide bonds. The van der Waals surface area contributed by atoms with Crippen molar-refractivity contribution < 1.29 is 9.53 Å². The molecule has 3 heterocycles. The molecule has 0 aliphatic heterocycles. The molecule has 2 aromatic carbocycles. The van der Waals surface area contributed by atoms with E-state index in [1.54, 1.807) is 28.5 Å². The highest BCUT2D eigenvalue weighted by Gasteiger charge is 2.18. The number of carbonyl (C=O) groups excluding carboxylic acids is 1. The van der Waals surface area contributed by atoms with Gasteiger partial charge in [-0.3, -0.25) is 0 Å². The summed E-state index contributed by atoms with van der Waals surface area (Å²) in [5.41, 5.74) is 3.67. The second-order valence-corrected chi connectivity index (χ2v) is 7.69. The van der Waals surface area contributed by atoms with Gasteiger partial charge in [0, 0.05) is 35.1 Å². The Morgan fingerprint density at radius 2 is 1.66 bits per heavy atom. The van der Waals surface area contributed by atoms with Crippen LogP contribution < -0.4 is 0 Å². The highest BCUT2D eigenvalue weighted by atomic mass is 32.1. The van der Waals surface area contributed by atoms with Gasteiger partial charge in [-0.15, -0.1) is 11.3 Å². The smallest absolute Gasteiger partial charge is 0.358 e. The zero-order chi connectivity index (χ0) is 21.8. The fraction of sp³-hybridized carbons (Fsp3) is 0.0417. The van der Waals surface area contributed by atoms with Gasteiger partial charge in [-0.1, -0.05) is 48.5 Å². The maximum atomic E-state index is 12.6. The second-order valence-electron chi connectivity index (χ2n) is 6.84. The van der Waals surface area contributed by atoms with Crippen LogP contribution in [0, 0.1) is 0 Å². The number of para-hydroxylation sites is 1. The highest BCUT2D eigenvalue weighted by Crippen LogP contribution is 2.25. The summed E-state index contributed by atoms with van der Waals surface area (Å²) in [6.45, 7) is 0.0740. The number of hydrogen-bond acceptors (Lipinski definition) is 7. The van der Waals surface area contributed by atoms with E-state index >= 15 is 0 Å². The molecular weight excluding hydrogens is 422 g/mol. The average Bonchev–Trinajstić information content (AvgIpc) is 3.52. The van der Waals surface area contributed by atoms with Crippen LogP contribution >= 0.6 is 11.3 Å². The van der Waals surface area contributed by atoms with Crippen molar-refractivity contribution in [2.24, 2.45) is 0 Å². The van der Waals surface area contributed by atoms with Gasteiger partial charge >= 0.3 is 5.97 Å². The number of ether oxygens (including phenoxy) is 1. The monoisotopic (exact) mass is 439 g/mol. The van der Waals surface area contributed by atoms with E-state index in [0.717, 1.165) is 22.5 Å². The Hall–Kier alpha value is -4.17. The minimum Gasteiger partial charge on any atom is -0.456 e. The summed E-state index contributed by atoms with van der Waals surface area (Å²) in [4.78, 5) is 25.3. The van der Waals surface area contributed by atoms with Gasteiger partial charge in [0.2, 0.25) is 0 Å². The molecule has 0 aliphatic carbocycles. The Morgan fingerprint density at radius 3 is 2.41 bits per heavy atom. The lowest BCUT2D eigenvalue weighted by atomic mass is 10.1. The van der Waals surface area contributed by atoms with Crippen molar-refractivity contribution in [2.45, 2.75) is 6.61 Å². The maximum Gasteiger partial charge on any atom is 0.358 e. The lowest BCUT2D eigenvalue weighted by molar-refractivity contribution is 0.0467. The Morgan fingerprint density at radius 1 is 0.938 bits per heavy atom. The van der Waals surface area contributed by atoms with Crippen molar-refractivity contribution >= 4 is 17.3 Å². The van der Waals surface area contributed by atoms with Crippen molar-refractivity contribution in [3.8, 4) is 27.8 Å². The zero-order valence-electron chi connectivity index (χ0n) is 16.8. The fourth-order valence-electron chi connectivity index (χ4n) is 3.16. The van der Waals surface area contributed by atoms with E-state index in [4.69, 9.17) is 9.84 Å². The largest absolute Gasteiger partial charge is 0.456 e. The summed E-state index contributed by atoms with van der Waals surface area (Å²) in [6.07, 6.45) is 5.16. The third-order valence-corrected chi connectivity index (χ3v) is 5.53. The van der Waals surface area contributed by atoms with Gasteiger partial charge in [-0.2, -0.15) is 5.10 Å². The first-order valence-electron chi connectivity index (χ1n) is 9.87. The predicted molar refractivity (Wildman–Crippen MR) is 121 cm³/mol. The molecule has 0 unspecified atom stereocenters. The molecule has 0 aliphatic rings. The molecular formula is C24H17N5O2S. The van der Waals surface area contributed by atoms with Gasteiger partial charge in [0.25, 0.3) is 0 Å². The van der Waals surface area contributed by atoms with Gasteiger partial charge in [-0.25, -0.2) is 24.4 Å². The van der Waals surface area contributed by atoms with Crippen LogP contribution in [0.2, 0.25) is 0 Å². The van der Waals surface area contributed by atoms with E-state index in [9.17, 15) is 4.79 Å². The number of benzene rings is 2. The number of esters is 1. The molecule has 3 aromatic heterocycles. The quantitative estimate of drug-likeness (QED) is 0.353. The number of hydrogen-bond donors (Lipinski definition) is 0. The lowest BCUT2D eigenvalue weighted by Gasteiger charge is -2.04. The molecule has 0 spiro atoms. The number of aromatic nitrogens is 5. The van der Waals surface area contributed by atoms with Crippen LogP contribution in [-0.4, -0.2) is 30.7 Å². The van der Waals surface area contributed by atoms with Crippen LogP contribution in [0.1, 0.15) is 16.1 Å². The van der Waals surface area contributed by atoms with E-state index in [2.05, 4.69) is 15.0 Å². The molecule has 0 saturated heterocycles. The van der Waals surface area contributed by atoms with Crippen molar-refractivity contribution in [1.29, 1.82) is 0 Å². The first kappa shape index (κ1) is 19.8. The Labute approximate surface area is 188 Å². The molecule has 8 heteroatoms. The van der Waals surface area contributed by atoms with Crippen LogP contribution in [0.3, 0.4) is 0 Å². The summed E-state index contributed by atoms with van der Waals surface area (Å²) in [6, 6.07) is 21.4. The first-order chi connectivity index (χ1) is 15.8. The third kappa shape index (κ3) is 4.17. The summed E-state index contributed by atoms with van der Waals surface area (Å²) in [7, 11) is 0. The Bertz CT molecular complexity index is 1330. The summed E-state index contributed by atoms with van der Waals surface area (Å²) in [5, 5.41) is 6.96. The number of thiazole rings is 1. The molecule has 0 atom stereocenters. The average molecular weight is 440 g/mol. The van der Waals surface area contributed by atoms with E-state index in [0.29, 0.717) is 10.8 Å². The van der Waals surface area contributed by atoms with Crippen molar-refractivity contribution in [1.82, 2.24) is 24.7 Å². The van der Waals surface area contributed by atoms with Crippen molar-refractivity contribution in [3.63, 3.8) is 0 Å². The zero-order valence-corrected chi connectivity index (χ0v) is 17.6. The van der Waals surface area contributed by atoms with Crippen LogP contribution in [0.15, 0.2) is 90.7 Å². The molecule has 156 valence electrons. The van der Waals surface area contributed by atoms with Gasteiger partial charge < -0.3 is 4.74 Å². The van der Waals surface area contributed by atoms with E-state index in [1.165, 1.54) is 11.3 Å². The number of rotatable bonds is 6. The molecule has 0 N–H and O–H groups in total. The SMILES string of the molecule is O=C(OCc1cn(-c2ccccc2)nc1-c1ccccc1)c1csc(-c2ncccn2)n1. The summed E-state index contributed by atoms with van der Waals surface area (Å²) in [5.74, 6) is -0.0260. The fourth-order valence-corrected chi connectivity index (χ4v) is 3.90. The molecule has 5 aromatic rings. The molecule has 5 rings (SSSR count). The first-order valence-corrected chi connectivity index (χ1v) is 10.8. The third-order valence-electron chi connectivity index (χ3n) is 4.69. The Balaban J connectivity index is 1.38. The van der Waals surface area contributed by atoms with E-state index < -0.39 is 5.97 Å². The molecule has 0 radical (unpaired) electrons. The van der Waals surface area contributed by atoms with Gasteiger partial charge in [-0.05, 0) is 18.2 Å². The second kappa shape index (κ2) is 8.91. The summed E-state index contributed by atoms with van der Waals surface area (Å²) < 4.78 is 7.38. The standard InChI is InChI=1S/C24H17N5O2S/c30-24(20-16-32-23(27-20)22-25-12-7-13-26-22)31-15-18-14-29(19-10-5-2-6-11-19)28-21(18)17-8-3-1-4-9-17/h1-14,16H,15H2. The Kier molecular flexibility index (Phi) is 5.50. The van der Waals surface area contributed by atoms with Gasteiger partial charge in [0.05, 0.1) is 11.4 Å². The van der Waals surface area contributed by atoms with Crippen LogP contribution in [0.5, 0.6) is 0 Å². The summed E-state index contributed by atoms with van der Waals surface area (Å²) >= 11 is 1.30. The maximum absolute atomic E-state index is 12.6. The number of nitrogens with zero attached hydrogens (tertiary/aromatic N) is 5. The molecule has 0 fully saturated rings. The minimum absolute atomic E-state index is 0.0740. The predicted octanol–water partition coefficient (Wildman–Crippen LogP) is 4.81. The molecule has 0 saturated carbocycles. The normalized spacial score (nSPS) is 10.8. The van der Waals surface area contributed by atoms with Crippen LogP contribution in [0.4, 0.5) is 0 Å². The van der Waals surface area contributed by atoms with Crippen molar-refractivity contribution in [2.75, 3.05) is 0 Å². The minimum atomic E-state index is -0.505. The van der Waals surface area contributed by atoms with Crippen LogP contribution in [0.25, 0.3) is 27.8 Å². The molecule has 7 nitrogen and oxygen atoms in total.